The zero-order chi connectivity index (χ0) is 14.8. The largest absolute Gasteiger partial charge is 0.383 e. The van der Waals surface area contributed by atoms with Crippen molar-refractivity contribution in [1.29, 1.82) is 0 Å². The van der Waals surface area contributed by atoms with Gasteiger partial charge in [0, 0.05) is 33.4 Å². The fraction of sp³-hybridized carbons (Fsp3) is 1.00. The van der Waals surface area contributed by atoms with Crippen molar-refractivity contribution >= 4 is 0 Å². The lowest BCUT2D eigenvalue weighted by molar-refractivity contribution is 0.0399. The van der Waals surface area contributed by atoms with Crippen LogP contribution < -0.4 is 5.73 Å². The minimum absolute atomic E-state index is 0.298. The van der Waals surface area contributed by atoms with E-state index in [2.05, 4.69) is 11.8 Å². The molecular formula is C16H34N2O2. The van der Waals surface area contributed by atoms with Gasteiger partial charge in [-0.15, -0.1) is 0 Å². The predicted molar refractivity (Wildman–Crippen MR) is 84.0 cm³/mol. The Hall–Kier alpha value is -0.160. The Balaban J connectivity index is 2.67. The number of nitrogens with two attached hydrogens (primary N) is 1. The van der Waals surface area contributed by atoms with Gasteiger partial charge in [-0.1, -0.05) is 25.7 Å². The summed E-state index contributed by atoms with van der Waals surface area (Å²) in [5, 5.41) is 0. The summed E-state index contributed by atoms with van der Waals surface area (Å²) in [6.45, 7) is 6.62. The van der Waals surface area contributed by atoms with Crippen LogP contribution in [0.1, 0.15) is 45.4 Å². The lowest BCUT2D eigenvalue weighted by Gasteiger charge is -2.39. The van der Waals surface area contributed by atoms with Gasteiger partial charge in [0.05, 0.1) is 13.2 Å². The van der Waals surface area contributed by atoms with Crippen LogP contribution >= 0.6 is 0 Å². The van der Waals surface area contributed by atoms with Crippen molar-refractivity contribution in [1.82, 2.24) is 4.90 Å². The molecule has 1 atom stereocenters. The third-order valence-corrected chi connectivity index (χ3v) is 4.75. The zero-order valence-corrected chi connectivity index (χ0v) is 13.7. The Kier molecular flexibility index (Phi) is 8.69. The van der Waals surface area contributed by atoms with Crippen molar-refractivity contribution in [3.8, 4) is 0 Å². The molecule has 0 aromatic heterocycles. The summed E-state index contributed by atoms with van der Waals surface area (Å²) >= 11 is 0. The Morgan fingerprint density at radius 3 is 2.25 bits per heavy atom. The SMILES string of the molecule is COCCN(CC1(CN)CCCCCC1)C(C)COC. The molecule has 4 nitrogen and oxygen atoms in total. The van der Waals surface area contributed by atoms with Crippen molar-refractivity contribution in [2.45, 2.75) is 51.5 Å². The second-order valence-electron chi connectivity index (χ2n) is 6.39. The van der Waals surface area contributed by atoms with Crippen LogP contribution in [0.15, 0.2) is 0 Å². The van der Waals surface area contributed by atoms with Crippen LogP contribution in [0, 0.1) is 5.41 Å². The second kappa shape index (κ2) is 9.72. The molecule has 0 bridgehead atoms. The number of nitrogens with zero attached hydrogens (tertiary/aromatic N) is 1. The number of methoxy groups -OCH3 is 2. The molecule has 4 heteroatoms. The maximum atomic E-state index is 6.17. The molecule has 1 aliphatic carbocycles. The fourth-order valence-corrected chi connectivity index (χ4v) is 3.35. The summed E-state index contributed by atoms with van der Waals surface area (Å²) in [5.41, 5.74) is 6.47. The molecule has 0 amide bonds. The number of hydrogen-bond donors (Lipinski definition) is 1. The maximum Gasteiger partial charge on any atom is 0.0615 e. The monoisotopic (exact) mass is 286 g/mol. The summed E-state index contributed by atoms with van der Waals surface area (Å²) in [5.74, 6) is 0. The van der Waals surface area contributed by atoms with Gasteiger partial charge in [0.1, 0.15) is 0 Å². The predicted octanol–water partition coefficient (Wildman–Crippen LogP) is 2.27. The van der Waals surface area contributed by atoms with Crippen LogP contribution in [0.2, 0.25) is 0 Å². The van der Waals surface area contributed by atoms with Crippen LogP contribution in [0.3, 0.4) is 0 Å². The van der Waals surface area contributed by atoms with Crippen molar-refractivity contribution in [3.05, 3.63) is 0 Å². The summed E-state index contributed by atoms with van der Waals surface area (Å²) < 4.78 is 10.6. The molecule has 0 aromatic rings. The number of hydrogen-bond acceptors (Lipinski definition) is 4. The third-order valence-electron chi connectivity index (χ3n) is 4.75. The normalized spacial score (nSPS) is 20.9. The van der Waals surface area contributed by atoms with E-state index in [1.807, 2.05) is 0 Å². The molecule has 0 aliphatic heterocycles. The molecule has 1 fully saturated rings. The Morgan fingerprint density at radius 1 is 1.10 bits per heavy atom. The van der Waals surface area contributed by atoms with Gasteiger partial charge in [0.2, 0.25) is 0 Å². The average molecular weight is 286 g/mol. The molecule has 1 rings (SSSR count). The highest BCUT2D eigenvalue weighted by Gasteiger charge is 2.32. The van der Waals surface area contributed by atoms with Crippen molar-refractivity contribution in [3.63, 3.8) is 0 Å². The van der Waals surface area contributed by atoms with Gasteiger partial charge < -0.3 is 15.2 Å². The molecule has 0 saturated heterocycles. The molecule has 120 valence electrons. The molecule has 2 N–H and O–H groups in total. The van der Waals surface area contributed by atoms with Gasteiger partial charge in [-0.05, 0) is 31.7 Å². The molecule has 0 aromatic carbocycles. The lowest BCUT2D eigenvalue weighted by Crippen LogP contribution is -2.48. The van der Waals surface area contributed by atoms with Gasteiger partial charge >= 0.3 is 0 Å². The first kappa shape index (κ1) is 17.9. The van der Waals surface area contributed by atoms with Crippen molar-refractivity contribution in [2.24, 2.45) is 11.1 Å². The van der Waals surface area contributed by atoms with Gasteiger partial charge in [0.25, 0.3) is 0 Å². The van der Waals surface area contributed by atoms with E-state index in [0.717, 1.165) is 32.8 Å². The molecule has 1 saturated carbocycles. The lowest BCUT2D eigenvalue weighted by atomic mass is 9.79. The fourth-order valence-electron chi connectivity index (χ4n) is 3.35. The summed E-state index contributed by atoms with van der Waals surface area (Å²) in [4.78, 5) is 2.51. The van der Waals surface area contributed by atoms with E-state index < -0.39 is 0 Å². The Bertz CT molecular complexity index is 241. The van der Waals surface area contributed by atoms with Crippen molar-refractivity contribution < 1.29 is 9.47 Å². The number of rotatable bonds is 9. The summed E-state index contributed by atoms with van der Waals surface area (Å²) in [7, 11) is 3.54. The first-order valence-corrected chi connectivity index (χ1v) is 8.09. The van der Waals surface area contributed by atoms with Crippen LogP contribution in [-0.4, -0.2) is 58.0 Å². The molecular weight excluding hydrogens is 252 g/mol. The first-order valence-electron chi connectivity index (χ1n) is 8.09. The van der Waals surface area contributed by atoms with Gasteiger partial charge in [0.15, 0.2) is 0 Å². The summed E-state index contributed by atoms with van der Waals surface area (Å²) in [6, 6.07) is 0.418. The van der Waals surface area contributed by atoms with E-state index in [4.69, 9.17) is 15.2 Å². The second-order valence-corrected chi connectivity index (χ2v) is 6.39. The smallest absolute Gasteiger partial charge is 0.0615 e. The van der Waals surface area contributed by atoms with Crippen LogP contribution in [0.25, 0.3) is 0 Å². The molecule has 1 unspecified atom stereocenters. The first-order chi connectivity index (χ1) is 9.67. The molecule has 0 spiro atoms. The summed E-state index contributed by atoms with van der Waals surface area (Å²) in [6.07, 6.45) is 7.93. The average Bonchev–Trinajstić information content (AvgIpc) is 2.70. The Labute approximate surface area is 125 Å². The van der Waals surface area contributed by atoms with Crippen LogP contribution in [0.5, 0.6) is 0 Å². The van der Waals surface area contributed by atoms with E-state index >= 15 is 0 Å². The maximum absolute atomic E-state index is 6.17. The van der Waals surface area contributed by atoms with E-state index in [0.29, 0.717) is 11.5 Å². The number of ether oxygens (including phenoxy) is 2. The topological polar surface area (TPSA) is 47.7 Å². The minimum atomic E-state index is 0.298. The van der Waals surface area contributed by atoms with Gasteiger partial charge in [-0.3, -0.25) is 4.90 Å². The van der Waals surface area contributed by atoms with E-state index in [1.165, 1.54) is 38.5 Å². The van der Waals surface area contributed by atoms with E-state index in [-0.39, 0.29) is 0 Å². The van der Waals surface area contributed by atoms with Crippen LogP contribution in [-0.2, 0) is 9.47 Å². The van der Waals surface area contributed by atoms with Crippen molar-refractivity contribution in [2.75, 3.05) is 47.1 Å². The van der Waals surface area contributed by atoms with E-state index in [1.54, 1.807) is 14.2 Å². The van der Waals surface area contributed by atoms with Crippen LogP contribution in [0.4, 0.5) is 0 Å². The molecule has 0 heterocycles. The van der Waals surface area contributed by atoms with Gasteiger partial charge in [-0.2, -0.15) is 0 Å². The van der Waals surface area contributed by atoms with Gasteiger partial charge in [-0.25, -0.2) is 0 Å². The standard InChI is InChI=1S/C16H34N2O2/c1-15(12-20-3)18(10-11-19-2)14-16(13-17)8-6-4-5-7-9-16/h15H,4-14,17H2,1-3H3. The third kappa shape index (κ3) is 5.68. The molecule has 0 radical (unpaired) electrons. The molecule has 20 heavy (non-hydrogen) atoms. The highest BCUT2D eigenvalue weighted by atomic mass is 16.5. The highest BCUT2D eigenvalue weighted by Crippen LogP contribution is 2.35. The quantitative estimate of drug-likeness (QED) is 0.661. The van der Waals surface area contributed by atoms with E-state index in [9.17, 15) is 0 Å². The minimum Gasteiger partial charge on any atom is -0.383 e. The zero-order valence-electron chi connectivity index (χ0n) is 13.7. The highest BCUT2D eigenvalue weighted by molar-refractivity contribution is 4.87. The molecule has 1 aliphatic rings. The Morgan fingerprint density at radius 2 is 1.75 bits per heavy atom.